The molecule has 1 aliphatic rings. The summed E-state index contributed by atoms with van der Waals surface area (Å²) in [6.07, 6.45) is 0.529. The zero-order chi connectivity index (χ0) is 19.8. The fraction of sp³-hybridized carbons (Fsp3) is 0.421. The number of nitrogens with zero attached hydrogens (tertiary/aromatic N) is 2. The molecule has 146 valence electrons. The molecule has 1 aliphatic heterocycles. The summed E-state index contributed by atoms with van der Waals surface area (Å²) in [6, 6.07) is 4.79. The summed E-state index contributed by atoms with van der Waals surface area (Å²) in [5.41, 5.74) is 1.37. The molecule has 8 heteroatoms. The van der Waals surface area contributed by atoms with E-state index in [9.17, 15) is 17.6 Å². The molecule has 0 N–H and O–H groups in total. The van der Waals surface area contributed by atoms with Gasteiger partial charge in [0.1, 0.15) is 17.3 Å². The van der Waals surface area contributed by atoms with Crippen molar-refractivity contribution in [1.29, 1.82) is 0 Å². The largest absolute Gasteiger partial charge is 0.466 e. The number of furan rings is 1. The van der Waals surface area contributed by atoms with Gasteiger partial charge in [-0.3, -0.25) is 4.79 Å². The first-order valence-electron chi connectivity index (χ1n) is 8.83. The van der Waals surface area contributed by atoms with Crippen LogP contribution in [0.15, 0.2) is 33.6 Å². The Labute approximate surface area is 158 Å². The highest BCUT2D eigenvalue weighted by Gasteiger charge is 2.30. The average molecular weight is 394 g/mol. The Balaban J connectivity index is 1.77. The first-order valence-corrected chi connectivity index (χ1v) is 10.3. The van der Waals surface area contributed by atoms with Gasteiger partial charge in [-0.2, -0.15) is 4.31 Å². The van der Waals surface area contributed by atoms with Gasteiger partial charge >= 0.3 is 0 Å². The SMILES string of the molecule is Cc1oc(C)c(C(=O)N2CCCN(S(=O)(=O)c3ccc(F)cc3)CC2)c1C. The molecule has 6 nitrogen and oxygen atoms in total. The van der Waals surface area contributed by atoms with E-state index in [1.807, 2.05) is 13.8 Å². The Morgan fingerprint density at radius 3 is 2.26 bits per heavy atom. The average Bonchev–Trinajstić information content (AvgIpc) is 2.81. The number of aryl methyl sites for hydroxylation is 2. The van der Waals surface area contributed by atoms with Gasteiger partial charge in [0.15, 0.2) is 0 Å². The molecule has 0 spiro atoms. The summed E-state index contributed by atoms with van der Waals surface area (Å²) in [5.74, 6) is 0.673. The normalized spacial score (nSPS) is 16.4. The van der Waals surface area contributed by atoms with E-state index >= 15 is 0 Å². The number of benzene rings is 1. The number of hydrogen-bond acceptors (Lipinski definition) is 4. The monoisotopic (exact) mass is 394 g/mol. The number of halogens is 1. The lowest BCUT2D eigenvalue weighted by molar-refractivity contribution is 0.0762. The van der Waals surface area contributed by atoms with Crippen LogP contribution in [0.4, 0.5) is 4.39 Å². The molecule has 2 aromatic rings. The molecule has 0 bridgehead atoms. The molecule has 0 unspecified atom stereocenters. The summed E-state index contributed by atoms with van der Waals surface area (Å²) in [5, 5.41) is 0. The molecule has 1 aromatic carbocycles. The quantitative estimate of drug-likeness (QED) is 0.803. The predicted molar refractivity (Wildman–Crippen MR) is 98.6 cm³/mol. The van der Waals surface area contributed by atoms with Crippen molar-refractivity contribution in [3.05, 3.63) is 52.7 Å². The molecule has 1 fully saturated rings. The zero-order valence-electron chi connectivity index (χ0n) is 15.7. The van der Waals surface area contributed by atoms with E-state index in [2.05, 4.69) is 0 Å². The number of carbonyl (C=O) groups excluding carboxylic acids is 1. The molecule has 0 radical (unpaired) electrons. The molecule has 3 rings (SSSR count). The summed E-state index contributed by atoms with van der Waals surface area (Å²) in [6.45, 7) is 6.70. The van der Waals surface area contributed by atoms with Gasteiger partial charge in [0, 0.05) is 31.7 Å². The van der Waals surface area contributed by atoms with Gasteiger partial charge < -0.3 is 9.32 Å². The fourth-order valence-corrected chi connectivity index (χ4v) is 4.83. The summed E-state index contributed by atoms with van der Waals surface area (Å²) < 4.78 is 45.6. The molecular formula is C19H23FN2O4S. The van der Waals surface area contributed by atoms with Gasteiger partial charge in [-0.25, -0.2) is 12.8 Å². The Hall–Kier alpha value is -2.19. The minimum atomic E-state index is -3.72. The van der Waals surface area contributed by atoms with Crippen molar-refractivity contribution < 1.29 is 22.0 Å². The second-order valence-electron chi connectivity index (χ2n) is 6.72. The van der Waals surface area contributed by atoms with E-state index in [4.69, 9.17) is 4.42 Å². The van der Waals surface area contributed by atoms with Crippen LogP contribution in [-0.4, -0.2) is 49.7 Å². The molecule has 0 saturated carbocycles. The predicted octanol–water partition coefficient (Wildman–Crippen LogP) is 2.88. The van der Waals surface area contributed by atoms with Crippen molar-refractivity contribution >= 4 is 15.9 Å². The zero-order valence-corrected chi connectivity index (χ0v) is 16.5. The summed E-state index contributed by atoms with van der Waals surface area (Å²) in [7, 11) is -3.72. The number of sulfonamides is 1. The van der Waals surface area contributed by atoms with E-state index in [-0.39, 0.29) is 17.3 Å². The van der Waals surface area contributed by atoms with E-state index < -0.39 is 15.8 Å². The standard InChI is InChI=1S/C19H23FN2O4S/c1-13-14(2)26-15(3)18(13)19(23)21-9-4-10-22(12-11-21)27(24,25)17-7-5-16(20)6-8-17/h5-8H,4,9-12H2,1-3H3. The third-order valence-corrected chi connectivity index (χ3v) is 6.88. The molecular weight excluding hydrogens is 371 g/mol. The third-order valence-electron chi connectivity index (χ3n) is 4.97. The molecule has 1 saturated heterocycles. The van der Waals surface area contributed by atoms with Crippen molar-refractivity contribution in [3.63, 3.8) is 0 Å². The molecule has 27 heavy (non-hydrogen) atoms. The minimum Gasteiger partial charge on any atom is -0.466 e. The van der Waals surface area contributed by atoms with Crippen LogP contribution in [0, 0.1) is 26.6 Å². The molecule has 1 amide bonds. The third kappa shape index (κ3) is 3.77. The van der Waals surface area contributed by atoms with Crippen molar-refractivity contribution in [2.75, 3.05) is 26.2 Å². The highest BCUT2D eigenvalue weighted by atomic mass is 32.2. The molecule has 0 aliphatic carbocycles. The van der Waals surface area contributed by atoms with Gasteiger partial charge in [0.2, 0.25) is 10.0 Å². The maximum atomic E-state index is 13.1. The van der Waals surface area contributed by atoms with Gasteiger partial charge in [-0.15, -0.1) is 0 Å². The topological polar surface area (TPSA) is 70.8 Å². The second kappa shape index (κ2) is 7.44. The van der Waals surface area contributed by atoms with Crippen LogP contribution in [-0.2, 0) is 10.0 Å². The van der Waals surface area contributed by atoms with Crippen LogP contribution in [0.2, 0.25) is 0 Å². The number of hydrogen-bond donors (Lipinski definition) is 0. The number of rotatable bonds is 3. The van der Waals surface area contributed by atoms with Gasteiger partial charge in [0.05, 0.1) is 10.5 Å². The van der Waals surface area contributed by atoms with E-state index in [1.54, 1.807) is 11.8 Å². The Morgan fingerprint density at radius 1 is 1.00 bits per heavy atom. The fourth-order valence-electron chi connectivity index (χ4n) is 3.36. The Morgan fingerprint density at radius 2 is 1.67 bits per heavy atom. The van der Waals surface area contributed by atoms with Crippen LogP contribution in [0.3, 0.4) is 0 Å². The van der Waals surface area contributed by atoms with Crippen molar-refractivity contribution in [2.24, 2.45) is 0 Å². The first-order chi connectivity index (χ1) is 12.7. The maximum absolute atomic E-state index is 13.1. The van der Waals surface area contributed by atoms with Crippen molar-refractivity contribution in [2.45, 2.75) is 32.1 Å². The molecule has 0 atom stereocenters. The van der Waals surface area contributed by atoms with Crippen LogP contribution in [0.1, 0.15) is 33.9 Å². The van der Waals surface area contributed by atoms with Crippen LogP contribution in [0.5, 0.6) is 0 Å². The van der Waals surface area contributed by atoms with Gasteiger partial charge in [0.25, 0.3) is 5.91 Å². The highest BCUT2D eigenvalue weighted by molar-refractivity contribution is 7.89. The summed E-state index contributed by atoms with van der Waals surface area (Å²) in [4.78, 5) is 14.7. The molecule has 1 aromatic heterocycles. The molecule has 2 heterocycles. The maximum Gasteiger partial charge on any atom is 0.257 e. The summed E-state index contributed by atoms with van der Waals surface area (Å²) >= 11 is 0. The lowest BCUT2D eigenvalue weighted by atomic mass is 10.1. The van der Waals surface area contributed by atoms with Crippen LogP contribution < -0.4 is 0 Å². The van der Waals surface area contributed by atoms with Crippen molar-refractivity contribution in [1.82, 2.24) is 9.21 Å². The van der Waals surface area contributed by atoms with E-state index in [0.29, 0.717) is 43.1 Å². The first kappa shape index (κ1) is 19.6. The second-order valence-corrected chi connectivity index (χ2v) is 8.66. The van der Waals surface area contributed by atoms with Crippen LogP contribution in [0.25, 0.3) is 0 Å². The van der Waals surface area contributed by atoms with Crippen LogP contribution >= 0.6 is 0 Å². The Bertz CT molecular complexity index is 951. The van der Waals surface area contributed by atoms with Gasteiger partial charge in [-0.1, -0.05) is 0 Å². The lowest BCUT2D eigenvalue weighted by Gasteiger charge is -2.22. The lowest BCUT2D eigenvalue weighted by Crippen LogP contribution is -2.37. The highest BCUT2D eigenvalue weighted by Crippen LogP contribution is 2.24. The van der Waals surface area contributed by atoms with E-state index in [1.165, 1.54) is 16.4 Å². The minimum absolute atomic E-state index is 0.0563. The van der Waals surface area contributed by atoms with Gasteiger partial charge in [-0.05, 0) is 51.5 Å². The Kier molecular flexibility index (Phi) is 5.39. The number of amides is 1. The van der Waals surface area contributed by atoms with E-state index in [0.717, 1.165) is 17.7 Å². The smallest absolute Gasteiger partial charge is 0.257 e. The van der Waals surface area contributed by atoms with Crippen molar-refractivity contribution in [3.8, 4) is 0 Å². The number of carbonyl (C=O) groups is 1.